The lowest BCUT2D eigenvalue weighted by atomic mass is 10.0. The van der Waals surface area contributed by atoms with Gasteiger partial charge in [0.05, 0.1) is 6.54 Å². The number of carboxylic acid groups (broad SMARTS) is 1. The van der Waals surface area contributed by atoms with Gasteiger partial charge in [0.15, 0.2) is 0 Å². The quantitative estimate of drug-likeness (QED) is 0.837. The molecule has 0 unspecified atom stereocenters. The summed E-state index contributed by atoms with van der Waals surface area (Å²) in [4.78, 5) is 15.5. The number of carbonyl (C=O) groups is 1. The van der Waals surface area contributed by atoms with Gasteiger partial charge in [-0.3, -0.25) is 9.69 Å². The summed E-state index contributed by atoms with van der Waals surface area (Å²) < 4.78 is 0. The summed E-state index contributed by atoms with van der Waals surface area (Å²) >= 11 is 5.90. The molecule has 1 aromatic rings. The van der Waals surface area contributed by atoms with E-state index in [-0.39, 0.29) is 6.54 Å². The van der Waals surface area contributed by atoms with Gasteiger partial charge in [-0.15, -0.1) is 0 Å². The Bertz CT molecular complexity index is 470. The molecule has 1 aromatic carbocycles. The zero-order valence-corrected chi connectivity index (χ0v) is 13.9. The predicted octanol–water partition coefficient (Wildman–Crippen LogP) is 2.75. The van der Waals surface area contributed by atoms with E-state index in [0.717, 1.165) is 50.5 Å². The van der Waals surface area contributed by atoms with Gasteiger partial charge in [0.25, 0.3) is 0 Å². The Kier molecular flexibility index (Phi) is 6.68. The van der Waals surface area contributed by atoms with Gasteiger partial charge in [-0.25, -0.2) is 0 Å². The van der Waals surface area contributed by atoms with Crippen LogP contribution in [-0.2, 0) is 11.2 Å². The summed E-state index contributed by atoms with van der Waals surface area (Å²) in [7, 11) is 0. The largest absolute Gasteiger partial charge is 0.480 e. The summed E-state index contributed by atoms with van der Waals surface area (Å²) in [6.07, 6.45) is 3.15. The normalized spacial score (nSPS) is 17.0. The lowest BCUT2D eigenvalue weighted by Crippen LogP contribution is -2.46. The van der Waals surface area contributed by atoms with Crippen LogP contribution in [0.4, 0.5) is 0 Å². The molecular weight excluding hydrogens is 300 g/mol. The molecule has 1 N–H and O–H groups in total. The number of likely N-dealkylation sites (tertiary alicyclic amines) is 1. The molecule has 0 radical (unpaired) electrons. The van der Waals surface area contributed by atoms with Gasteiger partial charge >= 0.3 is 5.97 Å². The van der Waals surface area contributed by atoms with Crippen LogP contribution >= 0.6 is 11.6 Å². The Morgan fingerprint density at radius 3 is 2.50 bits per heavy atom. The van der Waals surface area contributed by atoms with Crippen molar-refractivity contribution < 1.29 is 9.90 Å². The predicted molar refractivity (Wildman–Crippen MR) is 89.5 cm³/mol. The topological polar surface area (TPSA) is 43.8 Å². The van der Waals surface area contributed by atoms with Crippen LogP contribution in [0, 0.1) is 0 Å². The highest BCUT2D eigenvalue weighted by molar-refractivity contribution is 6.30. The lowest BCUT2D eigenvalue weighted by Gasteiger charge is -2.37. The van der Waals surface area contributed by atoms with Crippen LogP contribution < -0.4 is 0 Å². The summed E-state index contributed by atoms with van der Waals surface area (Å²) in [5.74, 6) is -0.730. The highest BCUT2D eigenvalue weighted by Crippen LogP contribution is 2.17. The first-order valence-corrected chi connectivity index (χ1v) is 8.39. The van der Waals surface area contributed by atoms with E-state index in [1.54, 1.807) is 0 Å². The molecule has 1 aliphatic rings. The first-order chi connectivity index (χ1) is 10.6. The molecule has 122 valence electrons. The lowest BCUT2D eigenvalue weighted by molar-refractivity contribution is -0.139. The molecule has 1 aliphatic heterocycles. The molecule has 0 aliphatic carbocycles. The molecule has 0 spiro atoms. The zero-order valence-electron chi connectivity index (χ0n) is 13.2. The van der Waals surface area contributed by atoms with Crippen molar-refractivity contribution in [1.82, 2.24) is 9.80 Å². The number of hydrogen-bond donors (Lipinski definition) is 1. The van der Waals surface area contributed by atoms with Gasteiger partial charge in [-0.05, 0) is 56.6 Å². The maximum atomic E-state index is 10.9. The van der Waals surface area contributed by atoms with E-state index in [2.05, 4.69) is 21.9 Å². The molecule has 0 aromatic heterocycles. The number of nitrogens with zero attached hydrogens (tertiary/aromatic N) is 2. The van der Waals surface area contributed by atoms with E-state index in [0.29, 0.717) is 6.04 Å². The second kappa shape index (κ2) is 8.51. The Balaban J connectivity index is 1.74. The Labute approximate surface area is 137 Å². The van der Waals surface area contributed by atoms with Crippen LogP contribution in [-0.4, -0.2) is 59.6 Å². The standard InChI is InChI=1S/C17H25ClN2O2/c1-2-20(13-17(21)22)16-8-11-19(12-9-16)10-7-14-3-5-15(18)6-4-14/h3-6,16H,2,7-13H2,1H3,(H,21,22). The van der Waals surface area contributed by atoms with Gasteiger partial charge in [0.2, 0.25) is 0 Å². The van der Waals surface area contributed by atoms with Crippen molar-refractivity contribution in [2.24, 2.45) is 0 Å². The third-order valence-electron chi connectivity index (χ3n) is 4.45. The van der Waals surface area contributed by atoms with Crippen molar-refractivity contribution in [1.29, 1.82) is 0 Å². The average molecular weight is 325 g/mol. The summed E-state index contributed by atoms with van der Waals surface area (Å²) in [5, 5.41) is 9.75. The van der Waals surface area contributed by atoms with E-state index in [9.17, 15) is 4.79 Å². The number of piperidine rings is 1. The third-order valence-corrected chi connectivity index (χ3v) is 4.70. The van der Waals surface area contributed by atoms with E-state index in [1.807, 2.05) is 19.1 Å². The second-order valence-electron chi connectivity index (χ2n) is 5.91. The average Bonchev–Trinajstić information content (AvgIpc) is 2.52. The van der Waals surface area contributed by atoms with Crippen LogP contribution in [0.25, 0.3) is 0 Å². The highest BCUT2D eigenvalue weighted by Gasteiger charge is 2.24. The van der Waals surface area contributed by atoms with Crippen LogP contribution in [0.1, 0.15) is 25.3 Å². The fraction of sp³-hybridized carbons (Fsp3) is 0.588. The zero-order chi connectivity index (χ0) is 15.9. The molecule has 2 rings (SSSR count). The number of carboxylic acids is 1. The van der Waals surface area contributed by atoms with Crippen molar-refractivity contribution in [3.8, 4) is 0 Å². The number of rotatable bonds is 7. The number of hydrogen-bond acceptors (Lipinski definition) is 3. The molecular formula is C17H25ClN2O2. The van der Waals surface area contributed by atoms with Crippen LogP contribution in [0.2, 0.25) is 5.02 Å². The fourth-order valence-electron chi connectivity index (χ4n) is 3.12. The summed E-state index contributed by atoms with van der Waals surface area (Å²) in [6.45, 7) is 6.16. The fourth-order valence-corrected chi connectivity index (χ4v) is 3.25. The molecule has 0 bridgehead atoms. The molecule has 0 atom stereocenters. The highest BCUT2D eigenvalue weighted by atomic mass is 35.5. The molecule has 4 nitrogen and oxygen atoms in total. The molecule has 5 heteroatoms. The van der Waals surface area contributed by atoms with Crippen molar-refractivity contribution >= 4 is 17.6 Å². The van der Waals surface area contributed by atoms with Crippen molar-refractivity contribution in [3.05, 3.63) is 34.9 Å². The van der Waals surface area contributed by atoms with Crippen LogP contribution in [0.15, 0.2) is 24.3 Å². The Morgan fingerprint density at radius 2 is 1.95 bits per heavy atom. The van der Waals surface area contributed by atoms with Gasteiger partial charge < -0.3 is 10.0 Å². The number of likely N-dealkylation sites (N-methyl/N-ethyl adjacent to an activating group) is 1. The first kappa shape index (κ1) is 17.3. The number of halogens is 1. The monoisotopic (exact) mass is 324 g/mol. The first-order valence-electron chi connectivity index (χ1n) is 8.01. The molecule has 1 saturated heterocycles. The molecule has 0 amide bonds. The molecule has 1 heterocycles. The summed E-state index contributed by atoms with van der Waals surface area (Å²) in [6, 6.07) is 8.46. The molecule has 1 fully saturated rings. The number of aliphatic carboxylic acids is 1. The minimum absolute atomic E-state index is 0.159. The maximum Gasteiger partial charge on any atom is 0.317 e. The van der Waals surface area contributed by atoms with Crippen LogP contribution in [0.3, 0.4) is 0 Å². The van der Waals surface area contributed by atoms with E-state index < -0.39 is 5.97 Å². The van der Waals surface area contributed by atoms with E-state index in [1.165, 1.54) is 5.56 Å². The van der Waals surface area contributed by atoms with Crippen molar-refractivity contribution in [2.45, 2.75) is 32.2 Å². The van der Waals surface area contributed by atoms with Crippen molar-refractivity contribution in [3.63, 3.8) is 0 Å². The van der Waals surface area contributed by atoms with E-state index >= 15 is 0 Å². The molecule has 22 heavy (non-hydrogen) atoms. The Morgan fingerprint density at radius 1 is 1.32 bits per heavy atom. The third kappa shape index (κ3) is 5.27. The number of benzene rings is 1. The SMILES string of the molecule is CCN(CC(=O)O)C1CCN(CCc2ccc(Cl)cc2)CC1. The van der Waals surface area contributed by atoms with Gasteiger partial charge in [0.1, 0.15) is 0 Å². The molecule has 0 saturated carbocycles. The smallest absolute Gasteiger partial charge is 0.317 e. The van der Waals surface area contributed by atoms with Gasteiger partial charge in [-0.2, -0.15) is 0 Å². The minimum atomic E-state index is -0.730. The minimum Gasteiger partial charge on any atom is -0.480 e. The maximum absolute atomic E-state index is 10.9. The van der Waals surface area contributed by atoms with Gasteiger partial charge in [-0.1, -0.05) is 30.7 Å². The van der Waals surface area contributed by atoms with Crippen molar-refractivity contribution in [2.75, 3.05) is 32.7 Å². The summed E-state index contributed by atoms with van der Waals surface area (Å²) in [5.41, 5.74) is 1.31. The second-order valence-corrected chi connectivity index (χ2v) is 6.34. The Hall–Kier alpha value is -1.10. The van der Waals surface area contributed by atoms with Crippen LogP contribution in [0.5, 0.6) is 0 Å². The van der Waals surface area contributed by atoms with Gasteiger partial charge in [0, 0.05) is 17.6 Å². The van der Waals surface area contributed by atoms with E-state index in [4.69, 9.17) is 16.7 Å².